The van der Waals surface area contributed by atoms with Gasteiger partial charge in [-0.3, -0.25) is 0 Å². The van der Waals surface area contributed by atoms with Crippen LogP contribution in [0.3, 0.4) is 0 Å². The van der Waals surface area contributed by atoms with Gasteiger partial charge in [0.15, 0.2) is 0 Å². The summed E-state index contributed by atoms with van der Waals surface area (Å²) in [6.45, 7) is 0. The topological polar surface area (TPSA) is 101 Å². The Kier molecular flexibility index (Phi) is 6.62. The third kappa shape index (κ3) is 7.57. The van der Waals surface area contributed by atoms with Crippen LogP contribution in [0.4, 0.5) is 5.69 Å². The SMILES string of the molecule is Nc1ccccc1Br.O=C(O)/C=C\C(=O)O. The van der Waals surface area contributed by atoms with Crippen molar-refractivity contribution in [2.45, 2.75) is 0 Å². The lowest BCUT2D eigenvalue weighted by atomic mass is 10.3. The van der Waals surface area contributed by atoms with E-state index < -0.39 is 11.9 Å². The number of carboxylic acids is 2. The lowest BCUT2D eigenvalue weighted by Crippen LogP contribution is -1.91. The quantitative estimate of drug-likeness (QED) is 0.568. The molecule has 0 aliphatic rings. The normalized spacial score (nSPS) is 9.31. The Bertz CT molecular complexity index is 367. The molecule has 0 unspecified atom stereocenters. The first-order chi connectivity index (χ1) is 7.43. The van der Waals surface area contributed by atoms with E-state index in [2.05, 4.69) is 15.9 Å². The summed E-state index contributed by atoms with van der Waals surface area (Å²) in [5.74, 6) is -2.51. The molecule has 86 valence electrons. The number of aliphatic carboxylic acids is 2. The first-order valence-corrected chi connectivity index (χ1v) is 4.86. The predicted molar refractivity (Wildman–Crippen MR) is 63.0 cm³/mol. The van der Waals surface area contributed by atoms with Crippen LogP contribution in [-0.4, -0.2) is 22.2 Å². The molecule has 0 heterocycles. The minimum Gasteiger partial charge on any atom is -0.478 e. The summed E-state index contributed by atoms with van der Waals surface area (Å²) in [5, 5.41) is 15.6. The molecule has 0 saturated heterocycles. The average molecular weight is 288 g/mol. The van der Waals surface area contributed by atoms with E-state index in [1.165, 1.54) is 0 Å². The standard InChI is InChI=1S/C6H6BrN.C4H4O4/c7-5-3-1-2-4-6(5)8;5-3(6)1-2-4(7)8/h1-4H,8H2;1-2H,(H,5,6)(H,7,8)/b;2-1-. The molecule has 5 nitrogen and oxygen atoms in total. The molecule has 0 radical (unpaired) electrons. The van der Waals surface area contributed by atoms with Gasteiger partial charge in [0.1, 0.15) is 0 Å². The van der Waals surface area contributed by atoms with Crippen molar-refractivity contribution in [1.29, 1.82) is 0 Å². The number of nitrogen functional groups attached to an aromatic ring is 1. The van der Waals surface area contributed by atoms with Gasteiger partial charge in [-0.15, -0.1) is 0 Å². The van der Waals surface area contributed by atoms with E-state index in [-0.39, 0.29) is 0 Å². The van der Waals surface area contributed by atoms with Gasteiger partial charge in [0.05, 0.1) is 0 Å². The highest BCUT2D eigenvalue weighted by Gasteiger charge is 1.88. The Labute approximate surface area is 100 Å². The Balaban J connectivity index is 0.000000281. The molecule has 0 aliphatic carbocycles. The van der Waals surface area contributed by atoms with Crippen molar-refractivity contribution in [1.82, 2.24) is 0 Å². The molecule has 1 aromatic rings. The molecule has 1 aromatic carbocycles. The van der Waals surface area contributed by atoms with Gasteiger partial charge in [-0.2, -0.15) is 0 Å². The predicted octanol–water partition coefficient (Wildman–Crippen LogP) is 1.74. The summed E-state index contributed by atoms with van der Waals surface area (Å²) in [5.41, 5.74) is 6.26. The molecule has 6 heteroatoms. The van der Waals surface area contributed by atoms with E-state index in [1.807, 2.05) is 24.3 Å². The Morgan fingerprint density at radius 1 is 1.12 bits per heavy atom. The second-order valence-corrected chi connectivity index (χ2v) is 3.39. The van der Waals surface area contributed by atoms with Crippen molar-refractivity contribution >= 4 is 33.6 Å². The van der Waals surface area contributed by atoms with Crippen LogP contribution in [0, 0.1) is 0 Å². The highest BCUT2D eigenvalue weighted by molar-refractivity contribution is 9.10. The zero-order valence-electron chi connectivity index (χ0n) is 8.13. The molecule has 0 atom stereocenters. The molecule has 4 N–H and O–H groups in total. The second-order valence-electron chi connectivity index (χ2n) is 2.53. The molecule has 16 heavy (non-hydrogen) atoms. The Morgan fingerprint density at radius 3 is 1.81 bits per heavy atom. The van der Waals surface area contributed by atoms with Crippen LogP contribution >= 0.6 is 15.9 Å². The van der Waals surface area contributed by atoms with E-state index in [0.29, 0.717) is 12.2 Å². The van der Waals surface area contributed by atoms with E-state index >= 15 is 0 Å². The van der Waals surface area contributed by atoms with E-state index in [1.54, 1.807) is 0 Å². The van der Waals surface area contributed by atoms with Gasteiger partial charge in [0, 0.05) is 22.3 Å². The zero-order chi connectivity index (χ0) is 12.6. The van der Waals surface area contributed by atoms with Crippen LogP contribution in [0.5, 0.6) is 0 Å². The minimum atomic E-state index is -1.26. The van der Waals surface area contributed by atoms with Crippen LogP contribution in [0.25, 0.3) is 0 Å². The number of rotatable bonds is 2. The van der Waals surface area contributed by atoms with Crippen LogP contribution in [0.1, 0.15) is 0 Å². The van der Waals surface area contributed by atoms with Crippen LogP contribution in [0.2, 0.25) is 0 Å². The van der Waals surface area contributed by atoms with Crippen molar-refractivity contribution in [3.63, 3.8) is 0 Å². The van der Waals surface area contributed by atoms with Crippen LogP contribution in [-0.2, 0) is 9.59 Å². The summed E-state index contributed by atoms with van der Waals surface area (Å²) in [4.78, 5) is 19.1. The number of halogens is 1. The lowest BCUT2D eigenvalue weighted by molar-refractivity contribution is -0.134. The van der Waals surface area contributed by atoms with Crippen molar-refractivity contribution < 1.29 is 19.8 Å². The van der Waals surface area contributed by atoms with Gasteiger partial charge in [0.2, 0.25) is 0 Å². The second kappa shape index (κ2) is 7.47. The molecule has 0 aromatic heterocycles. The van der Waals surface area contributed by atoms with Crippen molar-refractivity contribution in [3.05, 3.63) is 40.9 Å². The van der Waals surface area contributed by atoms with Gasteiger partial charge < -0.3 is 15.9 Å². The maximum absolute atomic E-state index is 9.55. The fourth-order valence-electron chi connectivity index (χ4n) is 0.618. The monoisotopic (exact) mass is 287 g/mol. The first-order valence-electron chi connectivity index (χ1n) is 4.07. The third-order valence-electron chi connectivity index (χ3n) is 1.27. The maximum atomic E-state index is 9.55. The number of carbonyl (C=O) groups is 2. The largest absolute Gasteiger partial charge is 0.478 e. The Hall–Kier alpha value is -1.82. The summed E-state index contributed by atoms with van der Waals surface area (Å²) >= 11 is 3.27. The maximum Gasteiger partial charge on any atom is 0.328 e. The molecule has 0 bridgehead atoms. The molecular weight excluding hydrogens is 278 g/mol. The number of nitrogens with two attached hydrogens (primary N) is 1. The van der Waals surface area contributed by atoms with E-state index in [9.17, 15) is 9.59 Å². The van der Waals surface area contributed by atoms with Crippen molar-refractivity contribution in [3.8, 4) is 0 Å². The van der Waals surface area contributed by atoms with Crippen LogP contribution < -0.4 is 5.73 Å². The number of hydrogen-bond acceptors (Lipinski definition) is 3. The van der Waals surface area contributed by atoms with Gasteiger partial charge in [-0.05, 0) is 28.1 Å². The molecule has 0 aliphatic heterocycles. The number of hydrogen-bond donors (Lipinski definition) is 3. The fourth-order valence-corrected chi connectivity index (χ4v) is 0.902. The number of para-hydroxylation sites is 1. The smallest absolute Gasteiger partial charge is 0.328 e. The first kappa shape index (κ1) is 14.2. The molecule has 0 fully saturated rings. The average Bonchev–Trinajstić information content (AvgIpc) is 2.20. The molecule has 1 rings (SSSR count). The minimum absolute atomic E-state index is 0.558. The summed E-state index contributed by atoms with van der Waals surface area (Å²) in [6, 6.07) is 7.60. The lowest BCUT2D eigenvalue weighted by Gasteiger charge is -1.91. The number of carboxylic acid groups (broad SMARTS) is 2. The number of benzene rings is 1. The molecule has 0 amide bonds. The molecule has 0 saturated carbocycles. The van der Waals surface area contributed by atoms with Crippen molar-refractivity contribution in [2.75, 3.05) is 5.73 Å². The van der Waals surface area contributed by atoms with Gasteiger partial charge in [-0.1, -0.05) is 12.1 Å². The van der Waals surface area contributed by atoms with Crippen LogP contribution in [0.15, 0.2) is 40.9 Å². The van der Waals surface area contributed by atoms with Crippen molar-refractivity contribution in [2.24, 2.45) is 0 Å². The molecule has 0 spiro atoms. The highest BCUT2D eigenvalue weighted by atomic mass is 79.9. The summed E-state index contributed by atoms with van der Waals surface area (Å²) in [7, 11) is 0. The van der Waals surface area contributed by atoms with Gasteiger partial charge in [0.25, 0.3) is 0 Å². The summed E-state index contributed by atoms with van der Waals surface area (Å²) < 4.78 is 0.958. The zero-order valence-corrected chi connectivity index (χ0v) is 9.72. The molecular formula is C10H10BrNO4. The Morgan fingerprint density at radius 2 is 1.56 bits per heavy atom. The summed E-state index contributed by atoms with van der Waals surface area (Å²) in [6.07, 6.45) is 1.12. The number of anilines is 1. The van der Waals surface area contributed by atoms with Gasteiger partial charge >= 0.3 is 11.9 Å². The highest BCUT2D eigenvalue weighted by Crippen LogP contribution is 2.16. The fraction of sp³-hybridized carbons (Fsp3) is 0. The third-order valence-corrected chi connectivity index (χ3v) is 2.00. The van der Waals surface area contributed by atoms with E-state index in [4.69, 9.17) is 15.9 Å². The van der Waals surface area contributed by atoms with E-state index in [0.717, 1.165) is 10.2 Å². The van der Waals surface area contributed by atoms with Gasteiger partial charge in [-0.25, -0.2) is 9.59 Å².